The standard InChI is InChI=1S/C11H15F3N2O4S/c1-7(2)5-16(6-11(12,13)14)21(19,20)8-3-9(10(17)18)15-4-8/h3-4,7,15H,5-6H2,1-2H3,(H,17,18). The Morgan fingerprint density at radius 3 is 2.38 bits per heavy atom. The summed E-state index contributed by atoms with van der Waals surface area (Å²) < 4.78 is 62.3. The monoisotopic (exact) mass is 328 g/mol. The number of carbonyl (C=O) groups is 1. The number of carboxylic acid groups (broad SMARTS) is 1. The van der Waals surface area contributed by atoms with Crippen LogP contribution in [0.2, 0.25) is 0 Å². The second-order valence-corrected chi connectivity index (χ2v) is 6.80. The van der Waals surface area contributed by atoms with E-state index in [1.165, 1.54) is 0 Å². The van der Waals surface area contributed by atoms with E-state index in [4.69, 9.17) is 5.11 Å². The Kier molecular flexibility index (Phi) is 5.05. The van der Waals surface area contributed by atoms with E-state index in [2.05, 4.69) is 4.98 Å². The number of sulfonamides is 1. The van der Waals surface area contributed by atoms with Gasteiger partial charge in [-0.2, -0.15) is 17.5 Å². The van der Waals surface area contributed by atoms with Crippen molar-refractivity contribution in [3.8, 4) is 0 Å². The number of H-pyrrole nitrogens is 1. The molecule has 0 saturated carbocycles. The van der Waals surface area contributed by atoms with Crippen LogP contribution in [0.25, 0.3) is 0 Å². The number of aromatic amines is 1. The van der Waals surface area contributed by atoms with E-state index >= 15 is 0 Å². The Morgan fingerprint density at radius 2 is 2.00 bits per heavy atom. The third kappa shape index (κ3) is 4.74. The van der Waals surface area contributed by atoms with Gasteiger partial charge in [0.25, 0.3) is 0 Å². The summed E-state index contributed by atoms with van der Waals surface area (Å²) in [6.45, 7) is 1.22. The van der Waals surface area contributed by atoms with Crippen molar-refractivity contribution in [1.82, 2.24) is 9.29 Å². The molecule has 0 aliphatic rings. The minimum Gasteiger partial charge on any atom is -0.477 e. The molecule has 1 rings (SSSR count). The maximum Gasteiger partial charge on any atom is 0.402 e. The van der Waals surface area contributed by atoms with E-state index in [9.17, 15) is 26.4 Å². The smallest absolute Gasteiger partial charge is 0.402 e. The van der Waals surface area contributed by atoms with Gasteiger partial charge in [0, 0.05) is 12.7 Å². The van der Waals surface area contributed by atoms with Gasteiger partial charge in [-0.05, 0) is 12.0 Å². The number of halogens is 3. The van der Waals surface area contributed by atoms with Crippen LogP contribution in [-0.2, 0) is 10.0 Å². The van der Waals surface area contributed by atoms with Crippen molar-refractivity contribution in [3.05, 3.63) is 18.0 Å². The van der Waals surface area contributed by atoms with Gasteiger partial charge < -0.3 is 10.1 Å². The van der Waals surface area contributed by atoms with Crippen molar-refractivity contribution in [2.45, 2.75) is 24.9 Å². The number of hydrogen-bond acceptors (Lipinski definition) is 3. The first-order valence-electron chi connectivity index (χ1n) is 5.92. The topological polar surface area (TPSA) is 90.5 Å². The Morgan fingerprint density at radius 1 is 1.43 bits per heavy atom. The molecule has 0 aromatic carbocycles. The number of alkyl halides is 3. The van der Waals surface area contributed by atoms with E-state index < -0.39 is 39.3 Å². The van der Waals surface area contributed by atoms with Gasteiger partial charge in [-0.15, -0.1) is 0 Å². The average Bonchev–Trinajstić information content (AvgIpc) is 2.75. The largest absolute Gasteiger partial charge is 0.477 e. The van der Waals surface area contributed by atoms with Crippen LogP contribution in [0.5, 0.6) is 0 Å². The molecule has 0 amide bonds. The van der Waals surface area contributed by atoms with Gasteiger partial charge in [0.05, 0.1) is 0 Å². The molecule has 1 aromatic heterocycles. The molecule has 0 spiro atoms. The van der Waals surface area contributed by atoms with Crippen molar-refractivity contribution in [3.63, 3.8) is 0 Å². The lowest BCUT2D eigenvalue weighted by molar-refractivity contribution is -0.136. The van der Waals surface area contributed by atoms with Crippen molar-refractivity contribution in [2.24, 2.45) is 5.92 Å². The lowest BCUT2D eigenvalue weighted by Gasteiger charge is -2.24. The molecule has 10 heteroatoms. The van der Waals surface area contributed by atoms with Gasteiger partial charge in [-0.3, -0.25) is 0 Å². The van der Waals surface area contributed by atoms with Crippen LogP contribution in [0.4, 0.5) is 13.2 Å². The minimum absolute atomic E-state index is 0.298. The number of nitrogens with zero attached hydrogens (tertiary/aromatic N) is 1. The van der Waals surface area contributed by atoms with Gasteiger partial charge in [0.2, 0.25) is 10.0 Å². The van der Waals surface area contributed by atoms with Crippen molar-refractivity contribution in [1.29, 1.82) is 0 Å². The Balaban J connectivity index is 3.16. The predicted octanol–water partition coefficient (Wildman–Crippen LogP) is 1.92. The van der Waals surface area contributed by atoms with E-state index in [1.54, 1.807) is 13.8 Å². The average molecular weight is 328 g/mol. The molecule has 0 aliphatic carbocycles. The molecule has 1 aromatic rings. The zero-order chi connectivity index (χ0) is 16.4. The zero-order valence-electron chi connectivity index (χ0n) is 11.3. The molecule has 0 saturated heterocycles. The highest BCUT2D eigenvalue weighted by atomic mass is 32.2. The second kappa shape index (κ2) is 6.06. The van der Waals surface area contributed by atoms with Gasteiger partial charge >= 0.3 is 12.1 Å². The lowest BCUT2D eigenvalue weighted by Crippen LogP contribution is -2.40. The van der Waals surface area contributed by atoms with Crippen molar-refractivity contribution >= 4 is 16.0 Å². The molecule has 0 unspecified atom stereocenters. The zero-order valence-corrected chi connectivity index (χ0v) is 12.1. The van der Waals surface area contributed by atoms with Crippen molar-refractivity contribution < 1.29 is 31.5 Å². The third-order valence-electron chi connectivity index (χ3n) is 2.45. The predicted molar refractivity (Wildman–Crippen MR) is 67.4 cm³/mol. The maximum absolute atomic E-state index is 12.5. The number of aromatic carboxylic acids is 1. The number of nitrogens with one attached hydrogen (secondary N) is 1. The molecule has 0 atom stereocenters. The molecular weight excluding hydrogens is 313 g/mol. The fraction of sp³-hybridized carbons (Fsp3) is 0.545. The Bertz CT molecular complexity index is 607. The fourth-order valence-electron chi connectivity index (χ4n) is 1.65. The molecule has 0 radical (unpaired) electrons. The number of rotatable bonds is 6. The van der Waals surface area contributed by atoms with Gasteiger partial charge in [-0.25, -0.2) is 13.2 Å². The summed E-state index contributed by atoms with van der Waals surface area (Å²) in [4.78, 5) is 12.4. The van der Waals surface area contributed by atoms with Crippen molar-refractivity contribution in [2.75, 3.05) is 13.1 Å². The Labute approximate surface area is 119 Å². The first-order valence-corrected chi connectivity index (χ1v) is 7.36. The molecule has 0 fully saturated rings. The summed E-state index contributed by atoms with van der Waals surface area (Å²) in [5.74, 6) is -1.72. The number of hydrogen-bond donors (Lipinski definition) is 2. The van der Waals surface area contributed by atoms with Gasteiger partial charge in [0.1, 0.15) is 17.1 Å². The SMILES string of the molecule is CC(C)CN(CC(F)(F)F)S(=O)(=O)c1c[nH]c(C(=O)O)c1. The summed E-state index contributed by atoms with van der Waals surface area (Å²) in [7, 11) is -4.42. The summed E-state index contributed by atoms with van der Waals surface area (Å²) in [5.41, 5.74) is -0.412. The number of carboxylic acids is 1. The van der Waals surface area contributed by atoms with E-state index in [0.29, 0.717) is 4.31 Å². The molecular formula is C11H15F3N2O4S. The van der Waals surface area contributed by atoms with Crippen LogP contribution < -0.4 is 0 Å². The van der Waals surface area contributed by atoms with E-state index in [-0.39, 0.29) is 12.5 Å². The summed E-state index contributed by atoms with van der Waals surface area (Å²) >= 11 is 0. The fourth-order valence-corrected chi connectivity index (χ4v) is 3.23. The van der Waals surface area contributed by atoms with E-state index in [1.807, 2.05) is 0 Å². The first-order chi connectivity index (χ1) is 9.43. The van der Waals surface area contributed by atoms with Crippen LogP contribution in [0.1, 0.15) is 24.3 Å². The Hall–Kier alpha value is -1.55. The molecule has 120 valence electrons. The number of aromatic nitrogens is 1. The quantitative estimate of drug-likeness (QED) is 0.835. The summed E-state index contributed by atoms with van der Waals surface area (Å²) in [6.07, 6.45) is -3.82. The summed E-state index contributed by atoms with van der Waals surface area (Å²) in [6, 6.07) is 0.793. The second-order valence-electron chi connectivity index (χ2n) is 4.86. The van der Waals surface area contributed by atoms with Crippen LogP contribution in [0.3, 0.4) is 0 Å². The molecule has 0 aliphatic heterocycles. The van der Waals surface area contributed by atoms with Crippen LogP contribution in [-0.4, -0.2) is 48.0 Å². The summed E-state index contributed by atoms with van der Waals surface area (Å²) in [5, 5.41) is 8.71. The van der Waals surface area contributed by atoms with Crippen LogP contribution in [0.15, 0.2) is 17.2 Å². The normalized spacial score (nSPS) is 13.1. The third-order valence-corrected chi connectivity index (χ3v) is 4.24. The molecule has 21 heavy (non-hydrogen) atoms. The van der Waals surface area contributed by atoms with Gasteiger partial charge in [-0.1, -0.05) is 13.8 Å². The van der Waals surface area contributed by atoms with Crippen LogP contribution >= 0.6 is 0 Å². The van der Waals surface area contributed by atoms with Crippen LogP contribution in [0, 0.1) is 5.92 Å². The maximum atomic E-state index is 12.5. The minimum atomic E-state index is -4.69. The highest BCUT2D eigenvalue weighted by Gasteiger charge is 2.37. The van der Waals surface area contributed by atoms with Gasteiger partial charge in [0.15, 0.2) is 0 Å². The highest BCUT2D eigenvalue weighted by Crippen LogP contribution is 2.24. The molecule has 1 heterocycles. The molecule has 6 nitrogen and oxygen atoms in total. The molecule has 0 bridgehead atoms. The van der Waals surface area contributed by atoms with E-state index in [0.717, 1.165) is 12.3 Å². The first kappa shape index (κ1) is 17.5. The highest BCUT2D eigenvalue weighted by molar-refractivity contribution is 7.89. The lowest BCUT2D eigenvalue weighted by atomic mass is 10.2. The molecule has 2 N–H and O–H groups in total.